The molecular weight excluding hydrogens is 204 g/mol. The SMILES string of the molecule is [c]1cc2ccccc2c2c1[CH]c1ccccc1-2. The fraction of sp³-hybridized carbons (Fsp3) is 0. The molecule has 0 spiro atoms. The maximum Gasteiger partial charge on any atom is 0.0218 e. The Bertz CT molecular complexity index is 723. The van der Waals surface area contributed by atoms with Gasteiger partial charge in [0.25, 0.3) is 0 Å². The lowest BCUT2D eigenvalue weighted by Gasteiger charge is -2.05. The van der Waals surface area contributed by atoms with E-state index in [0.717, 1.165) is 0 Å². The summed E-state index contributed by atoms with van der Waals surface area (Å²) in [5.41, 5.74) is 5.18. The van der Waals surface area contributed by atoms with Crippen LogP contribution in [-0.4, -0.2) is 0 Å². The zero-order valence-electron chi connectivity index (χ0n) is 9.27. The molecule has 3 aromatic carbocycles. The topological polar surface area (TPSA) is 0 Å². The molecular formula is C17H10. The Kier molecular flexibility index (Phi) is 1.70. The van der Waals surface area contributed by atoms with Crippen molar-refractivity contribution in [3.05, 3.63) is 78.2 Å². The van der Waals surface area contributed by atoms with Crippen molar-refractivity contribution < 1.29 is 0 Å². The van der Waals surface area contributed by atoms with Crippen molar-refractivity contribution in [3.8, 4) is 11.1 Å². The third-order valence-corrected chi connectivity index (χ3v) is 3.41. The van der Waals surface area contributed by atoms with E-state index < -0.39 is 0 Å². The molecule has 0 amide bonds. The first-order chi connectivity index (χ1) is 8.43. The first-order valence-electron chi connectivity index (χ1n) is 5.81. The van der Waals surface area contributed by atoms with Crippen LogP contribution in [0.25, 0.3) is 21.9 Å². The third-order valence-electron chi connectivity index (χ3n) is 3.41. The first kappa shape index (κ1) is 9.00. The highest BCUT2D eigenvalue weighted by Crippen LogP contribution is 2.41. The summed E-state index contributed by atoms with van der Waals surface area (Å²) in [5.74, 6) is 0. The molecule has 78 valence electrons. The van der Waals surface area contributed by atoms with E-state index in [9.17, 15) is 0 Å². The van der Waals surface area contributed by atoms with Crippen LogP contribution in [0.2, 0.25) is 0 Å². The summed E-state index contributed by atoms with van der Waals surface area (Å²) in [7, 11) is 0. The summed E-state index contributed by atoms with van der Waals surface area (Å²) in [6.07, 6.45) is 2.22. The Morgan fingerprint density at radius 1 is 0.824 bits per heavy atom. The van der Waals surface area contributed by atoms with Gasteiger partial charge in [-0.15, -0.1) is 0 Å². The molecule has 0 saturated carbocycles. The second-order valence-electron chi connectivity index (χ2n) is 4.40. The van der Waals surface area contributed by atoms with Gasteiger partial charge in [-0.25, -0.2) is 0 Å². The smallest absolute Gasteiger partial charge is 0.0218 e. The van der Waals surface area contributed by atoms with Gasteiger partial charge in [-0.05, 0) is 45.2 Å². The molecule has 17 heavy (non-hydrogen) atoms. The summed E-state index contributed by atoms with van der Waals surface area (Å²) >= 11 is 0. The van der Waals surface area contributed by atoms with Gasteiger partial charge in [0.15, 0.2) is 0 Å². The quantitative estimate of drug-likeness (QED) is 0.411. The van der Waals surface area contributed by atoms with Crippen LogP contribution >= 0.6 is 0 Å². The lowest BCUT2D eigenvalue weighted by atomic mass is 9.98. The monoisotopic (exact) mass is 214 g/mol. The Morgan fingerprint density at radius 3 is 2.65 bits per heavy atom. The number of rotatable bonds is 0. The molecule has 0 aliphatic heterocycles. The van der Waals surface area contributed by atoms with Crippen molar-refractivity contribution in [2.24, 2.45) is 0 Å². The average molecular weight is 214 g/mol. The maximum atomic E-state index is 3.38. The molecule has 2 radical (unpaired) electrons. The fourth-order valence-corrected chi connectivity index (χ4v) is 2.63. The van der Waals surface area contributed by atoms with E-state index in [-0.39, 0.29) is 0 Å². The van der Waals surface area contributed by atoms with Crippen LogP contribution in [0.3, 0.4) is 0 Å². The van der Waals surface area contributed by atoms with E-state index in [1.165, 1.54) is 33.0 Å². The van der Waals surface area contributed by atoms with Crippen LogP contribution in [0.5, 0.6) is 0 Å². The lowest BCUT2D eigenvalue weighted by molar-refractivity contribution is 1.54. The zero-order chi connectivity index (χ0) is 11.2. The lowest BCUT2D eigenvalue weighted by Crippen LogP contribution is -1.81. The van der Waals surface area contributed by atoms with Gasteiger partial charge in [0.1, 0.15) is 0 Å². The highest BCUT2D eigenvalue weighted by atomic mass is 14.2. The van der Waals surface area contributed by atoms with Crippen LogP contribution in [0, 0.1) is 12.5 Å². The van der Waals surface area contributed by atoms with Crippen molar-refractivity contribution in [3.63, 3.8) is 0 Å². The predicted molar refractivity (Wildman–Crippen MR) is 70.7 cm³/mol. The van der Waals surface area contributed by atoms with E-state index >= 15 is 0 Å². The molecule has 0 unspecified atom stereocenters. The largest absolute Gasteiger partial charge is 0.0619 e. The Labute approximate surface area is 101 Å². The van der Waals surface area contributed by atoms with Crippen LogP contribution < -0.4 is 0 Å². The van der Waals surface area contributed by atoms with Crippen molar-refractivity contribution in [1.82, 2.24) is 0 Å². The summed E-state index contributed by atoms with van der Waals surface area (Å²) in [6, 6.07) is 22.5. The molecule has 0 nitrogen and oxygen atoms in total. The van der Waals surface area contributed by atoms with Crippen molar-refractivity contribution in [2.45, 2.75) is 0 Å². The Balaban J connectivity index is 2.17. The Hall–Kier alpha value is -2.08. The standard InChI is InChI=1S/C17H10/c1-3-7-15-12(5-1)9-10-14-11-13-6-2-4-8-16(13)17(14)15/h1-9,11H. The van der Waals surface area contributed by atoms with E-state index in [0.29, 0.717) is 0 Å². The van der Waals surface area contributed by atoms with Crippen LogP contribution in [0.4, 0.5) is 0 Å². The minimum atomic E-state index is 1.21. The molecule has 1 aliphatic rings. The van der Waals surface area contributed by atoms with Gasteiger partial charge in [0.05, 0.1) is 0 Å². The van der Waals surface area contributed by atoms with Gasteiger partial charge in [-0.2, -0.15) is 0 Å². The summed E-state index contributed by atoms with van der Waals surface area (Å²) in [6.45, 7) is 0. The molecule has 0 fully saturated rings. The van der Waals surface area contributed by atoms with Crippen molar-refractivity contribution in [1.29, 1.82) is 0 Å². The van der Waals surface area contributed by atoms with Gasteiger partial charge in [0, 0.05) is 6.42 Å². The average Bonchev–Trinajstić information content (AvgIpc) is 2.77. The molecule has 4 rings (SSSR count). The molecule has 0 heterocycles. The molecule has 0 N–H and O–H groups in total. The van der Waals surface area contributed by atoms with Gasteiger partial charge in [-0.1, -0.05) is 48.5 Å². The summed E-state index contributed by atoms with van der Waals surface area (Å²) in [5, 5.41) is 2.58. The molecule has 0 atom stereocenters. The van der Waals surface area contributed by atoms with E-state index in [1.807, 2.05) is 0 Å². The predicted octanol–water partition coefficient (Wildman–Crippen LogP) is 4.22. The zero-order valence-corrected chi connectivity index (χ0v) is 9.27. The van der Waals surface area contributed by atoms with Crippen LogP contribution in [-0.2, 0) is 0 Å². The van der Waals surface area contributed by atoms with Crippen molar-refractivity contribution in [2.75, 3.05) is 0 Å². The third kappa shape index (κ3) is 1.18. The van der Waals surface area contributed by atoms with Crippen LogP contribution in [0.1, 0.15) is 11.1 Å². The molecule has 3 aromatic rings. The molecule has 0 bridgehead atoms. The second-order valence-corrected chi connectivity index (χ2v) is 4.40. The van der Waals surface area contributed by atoms with Gasteiger partial charge in [0.2, 0.25) is 0 Å². The molecule has 0 saturated heterocycles. The van der Waals surface area contributed by atoms with Crippen molar-refractivity contribution >= 4 is 10.8 Å². The highest BCUT2D eigenvalue weighted by molar-refractivity contribution is 6.02. The normalized spacial score (nSPS) is 12.5. The maximum absolute atomic E-state index is 3.38. The van der Waals surface area contributed by atoms with Crippen LogP contribution in [0.15, 0.2) is 54.6 Å². The summed E-state index contributed by atoms with van der Waals surface area (Å²) < 4.78 is 0. The number of fused-ring (bicyclic) bond motifs is 5. The van der Waals surface area contributed by atoms with E-state index in [4.69, 9.17) is 0 Å². The van der Waals surface area contributed by atoms with Gasteiger partial charge < -0.3 is 0 Å². The van der Waals surface area contributed by atoms with E-state index in [1.54, 1.807) is 0 Å². The number of hydrogen-bond acceptors (Lipinski definition) is 0. The number of benzene rings is 3. The highest BCUT2D eigenvalue weighted by Gasteiger charge is 2.20. The second kappa shape index (κ2) is 3.21. The van der Waals surface area contributed by atoms with Gasteiger partial charge in [-0.3, -0.25) is 0 Å². The van der Waals surface area contributed by atoms with E-state index in [2.05, 4.69) is 67.1 Å². The summed E-state index contributed by atoms with van der Waals surface area (Å²) in [4.78, 5) is 0. The fourth-order valence-electron chi connectivity index (χ4n) is 2.63. The minimum absolute atomic E-state index is 1.21. The molecule has 1 aliphatic carbocycles. The molecule has 0 aromatic heterocycles. The molecule has 0 heteroatoms. The van der Waals surface area contributed by atoms with Gasteiger partial charge >= 0.3 is 0 Å². The first-order valence-corrected chi connectivity index (χ1v) is 5.81. The number of hydrogen-bond donors (Lipinski definition) is 0. The minimum Gasteiger partial charge on any atom is -0.0619 e. The Morgan fingerprint density at radius 2 is 1.65 bits per heavy atom.